The molecule has 5 nitrogen and oxygen atoms in total. The maximum Gasteiger partial charge on any atom is 0.193 e. The van der Waals surface area contributed by atoms with E-state index in [1.54, 1.807) is 12.1 Å². The van der Waals surface area contributed by atoms with Crippen LogP contribution in [0.25, 0.3) is 0 Å². The number of benzene rings is 1. The molecule has 2 fully saturated rings. The van der Waals surface area contributed by atoms with Crippen molar-refractivity contribution in [3.63, 3.8) is 0 Å². The van der Waals surface area contributed by atoms with Crippen LogP contribution in [0, 0.1) is 5.82 Å². The number of guanidine groups is 1. The van der Waals surface area contributed by atoms with E-state index in [-0.39, 0.29) is 35.2 Å². The molecule has 1 saturated heterocycles. The van der Waals surface area contributed by atoms with E-state index >= 15 is 0 Å². The van der Waals surface area contributed by atoms with Gasteiger partial charge in [0.2, 0.25) is 0 Å². The van der Waals surface area contributed by atoms with Crippen molar-refractivity contribution in [2.45, 2.75) is 24.7 Å². The van der Waals surface area contributed by atoms with E-state index in [0.29, 0.717) is 0 Å². The van der Waals surface area contributed by atoms with E-state index in [9.17, 15) is 4.39 Å². The molecule has 0 atom stereocenters. The van der Waals surface area contributed by atoms with Gasteiger partial charge in [-0.05, 0) is 42.7 Å². The third-order valence-corrected chi connectivity index (χ3v) is 6.12. The lowest BCUT2D eigenvalue weighted by atomic mass is 9.64. The Hall–Kier alpha value is -1.90. The molecule has 1 saturated carbocycles. The molecule has 0 spiro atoms. The topological polar surface area (TPSA) is 43.8 Å². The first kappa shape index (κ1) is 21.8. The van der Waals surface area contributed by atoms with E-state index in [0.717, 1.165) is 57.3 Å². The summed E-state index contributed by atoms with van der Waals surface area (Å²) in [4.78, 5) is 13.6. The largest absolute Gasteiger partial charge is 0.355 e. The summed E-state index contributed by atoms with van der Waals surface area (Å²) in [7, 11) is 1.85. The van der Waals surface area contributed by atoms with Crippen LogP contribution < -0.4 is 10.2 Å². The predicted octanol–water partition coefficient (Wildman–Crippen LogP) is 3.66. The molecular weight excluding hydrogens is 480 g/mol. The molecule has 1 aliphatic heterocycles. The van der Waals surface area contributed by atoms with Crippen molar-refractivity contribution in [1.29, 1.82) is 0 Å². The smallest absolute Gasteiger partial charge is 0.193 e. The van der Waals surface area contributed by atoms with Gasteiger partial charge >= 0.3 is 0 Å². The Morgan fingerprint density at radius 3 is 2.38 bits per heavy atom. The molecule has 0 bridgehead atoms. The summed E-state index contributed by atoms with van der Waals surface area (Å²) in [5.41, 5.74) is 1.32. The Kier molecular flexibility index (Phi) is 7.32. The Balaban J connectivity index is 0.00000240. The number of anilines is 1. The van der Waals surface area contributed by atoms with Crippen LogP contribution in [0.1, 0.15) is 24.8 Å². The second-order valence-electron chi connectivity index (χ2n) is 7.70. The average molecular weight is 509 g/mol. The second kappa shape index (κ2) is 9.73. The quantitative estimate of drug-likeness (QED) is 0.388. The number of halogens is 2. The number of nitrogens with zero attached hydrogens (tertiary/aromatic N) is 4. The van der Waals surface area contributed by atoms with Crippen molar-refractivity contribution in [3.8, 4) is 0 Å². The Labute approximate surface area is 189 Å². The summed E-state index contributed by atoms with van der Waals surface area (Å²) in [6, 6.07) is 13.1. The van der Waals surface area contributed by atoms with Crippen molar-refractivity contribution in [2.75, 3.05) is 44.7 Å². The molecule has 1 aromatic carbocycles. The first-order valence-corrected chi connectivity index (χ1v) is 10.1. The fraction of sp³-hybridized carbons (Fsp3) is 0.455. The minimum absolute atomic E-state index is 0. The number of rotatable bonds is 4. The Bertz CT molecular complexity index is 800. The lowest BCUT2D eigenvalue weighted by molar-refractivity contribution is 0.239. The van der Waals surface area contributed by atoms with Crippen LogP contribution in [0.5, 0.6) is 0 Å². The molecular formula is C22H29FIN5. The molecule has 1 aliphatic carbocycles. The fourth-order valence-electron chi connectivity index (χ4n) is 4.24. The monoisotopic (exact) mass is 509 g/mol. The summed E-state index contributed by atoms with van der Waals surface area (Å²) >= 11 is 0. The number of nitrogens with one attached hydrogen (secondary N) is 1. The van der Waals surface area contributed by atoms with Crippen LogP contribution in [0.15, 0.2) is 53.7 Å². The molecule has 0 unspecified atom stereocenters. The van der Waals surface area contributed by atoms with Crippen molar-refractivity contribution in [3.05, 3.63) is 60.0 Å². The maximum atomic E-state index is 13.3. The maximum absolute atomic E-state index is 13.3. The third kappa shape index (κ3) is 4.82. The second-order valence-corrected chi connectivity index (χ2v) is 7.70. The zero-order valence-corrected chi connectivity index (χ0v) is 19.2. The molecule has 0 radical (unpaired) electrons. The van der Waals surface area contributed by atoms with Gasteiger partial charge in [-0.3, -0.25) is 4.99 Å². The average Bonchev–Trinajstić information content (AvgIpc) is 2.72. The highest BCUT2D eigenvalue weighted by atomic mass is 127. The van der Waals surface area contributed by atoms with Gasteiger partial charge in [-0.25, -0.2) is 9.37 Å². The van der Waals surface area contributed by atoms with Crippen molar-refractivity contribution >= 4 is 35.8 Å². The van der Waals surface area contributed by atoms with Crippen LogP contribution in [-0.4, -0.2) is 55.6 Å². The zero-order chi connectivity index (χ0) is 19.4. The summed E-state index contributed by atoms with van der Waals surface area (Å²) < 4.78 is 13.3. The molecule has 2 aliphatic rings. The Morgan fingerprint density at radius 1 is 1.10 bits per heavy atom. The van der Waals surface area contributed by atoms with Gasteiger partial charge in [0.05, 0.1) is 0 Å². The summed E-state index contributed by atoms with van der Waals surface area (Å²) in [6.07, 6.45) is 5.34. The highest BCUT2D eigenvalue weighted by Gasteiger charge is 2.39. The van der Waals surface area contributed by atoms with E-state index < -0.39 is 0 Å². The molecule has 4 rings (SSSR count). The fourth-order valence-corrected chi connectivity index (χ4v) is 4.24. The van der Waals surface area contributed by atoms with Crippen LogP contribution >= 0.6 is 24.0 Å². The van der Waals surface area contributed by atoms with Gasteiger partial charge < -0.3 is 15.1 Å². The number of hydrogen-bond donors (Lipinski definition) is 1. The van der Waals surface area contributed by atoms with Crippen molar-refractivity contribution < 1.29 is 4.39 Å². The van der Waals surface area contributed by atoms with E-state index in [2.05, 4.69) is 31.2 Å². The van der Waals surface area contributed by atoms with E-state index in [4.69, 9.17) is 0 Å². The van der Waals surface area contributed by atoms with Gasteiger partial charge in [-0.15, -0.1) is 24.0 Å². The number of aliphatic imine (C=N–C) groups is 1. The zero-order valence-electron chi connectivity index (χ0n) is 16.9. The standard InChI is InChI=1S/C22H28FN5.HI/c1-24-21(28-15-13-27(14-16-28)20-5-2-3-12-25-20)26-17-22(10-4-11-22)18-6-8-19(23)9-7-18;/h2-3,5-9,12H,4,10-11,13-17H2,1H3,(H,24,26);1H. The number of aromatic nitrogens is 1. The summed E-state index contributed by atoms with van der Waals surface area (Å²) in [6.45, 7) is 4.53. The van der Waals surface area contributed by atoms with Crippen molar-refractivity contribution in [1.82, 2.24) is 15.2 Å². The lowest BCUT2D eigenvalue weighted by Crippen LogP contribution is -2.55. The van der Waals surface area contributed by atoms with E-state index in [1.165, 1.54) is 12.0 Å². The number of pyridine rings is 1. The van der Waals surface area contributed by atoms with Gasteiger partial charge in [-0.1, -0.05) is 24.6 Å². The normalized spacial score (nSPS) is 18.6. The Morgan fingerprint density at radius 2 is 1.83 bits per heavy atom. The summed E-state index contributed by atoms with van der Waals surface area (Å²) in [5, 5.41) is 3.60. The molecule has 0 amide bonds. The molecule has 156 valence electrons. The first-order valence-electron chi connectivity index (χ1n) is 10.1. The predicted molar refractivity (Wildman–Crippen MR) is 127 cm³/mol. The highest BCUT2D eigenvalue weighted by Crippen LogP contribution is 2.43. The third-order valence-electron chi connectivity index (χ3n) is 6.12. The molecule has 29 heavy (non-hydrogen) atoms. The van der Waals surface area contributed by atoms with Gasteiger partial charge in [0.1, 0.15) is 11.6 Å². The SMILES string of the molecule is CN=C(NCC1(c2ccc(F)cc2)CCC1)N1CCN(c2ccccn2)CC1.I. The molecule has 2 heterocycles. The molecule has 2 aromatic rings. The summed E-state index contributed by atoms with van der Waals surface area (Å²) in [5.74, 6) is 1.82. The van der Waals surface area contributed by atoms with Crippen LogP contribution in [0.4, 0.5) is 10.2 Å². The van der Waals surface area contributed by atoms with Gasteiger partial charge in [0, 0.05) is 51.4 Å². The molecule has 1 aromatic heterocycles. The number of hydrogen-bond acceptors (Lipinski definition) is 3. The van der Waals surface area contributed by atoms with Crippen molar-refractivity contribution in [2.24, 2.45) is 4.99 Å². The molecule has 1 N–H and O–H groups in total. The van der Waals surface area contributed by atoms with Gasteiger partial charge in [0.25, 0.3) is 0 Å². The minimum Gasteiger partial charge on any atom is -0.355 e. The lowest BCUT2D eigenvalue weighted by Gasteiger charge is -2.44. The van der Waals surface area contributed by atoms with Crippen LogP contribution in [0.3, 0.4) is 0 Å². The van der Waals surface area contributed by atoms with Gasteiger partial charge in [-0.2, -0.15) is 0 Å². The minimum atomic E-state index is -0.173. The first-order chi connectivity index (χ1) is 13.7. The van der Waals surface area contributed by atoms with E-state index in [1.807, 2.05) is 37.5 Å². The molecule has 7 heteroatoms. The highest BCUT2D eigenvalue weighted by molar-refractivity contribution is 14.0. The van der Waals surface area contributed by atoms with Gasteiger partial charge in [0.15, 0.2) is 5.96 Å². The van der Waals surface area contributed by atoms with Crippen LogP contribution in [0.2, 0.25) is 0 Å². The number of piperazine rings is 1. The van der Waals surface area contributed by atoms with Crippen LogP contribution in [-0.2, 0) is 5.41 Å².